The molecule has 116 valence electrons. The van der Waals surface area contributed by atoms with Crippen molar-refractivity contribution in [3.05, 3.63) is 39.3 Å². The van der Waals surface area contributed by atoms with Crippen molar-refractivity contribution in [1.29, 1.82) is 0 Å². The smallest absolute Gasteiger partial charge is 0.266 e. The monoisotopic (exact) mass is 380 g/mol. The summed E-state index contributed by atoms with van der Waals surface area (Å²) in [5.41, 5.74) is 1.16. The number of fused-ring (bicyclic) bond motifs is 1. The maximum absolute atomic E-state index is 12.3. The van der Waals surface area contributed by atoms with Crippen LogP contribution in [-0.4, -0.2) is 24.5 Å². The number of anilines is 1. The van der Waals surface area contributed by atoms with Crippen molar-refractivity contribution in [3.63, 3.8) is 0 Å². The topological polar surface area (TPSA) is 42.4 Å². The van der Waals surface area contributed by atoms with E-state index in [4.69, 9.17) is 4.74 Å². The van der Waals surface area contributed by atoms with Crippen LogP contribution < -0.4 is 9.64 Å². The summed E-state index contributed by atoms with van der Waals surface area (Å²) in [5, 5.41) is 0.771. The molecule has 22 heavy (non-hydrogen) atoms. The Balaban J connectivity index is 1.64. The van der Waals surface area contributed by atoms with E-state index in [0.717, 1.165) is 28.1 Å². The van der Waals surface area contributed by atoms with Crippen molar-refractivity contribution in [2.75, 3.05) is 18.6 Å². The second-order valence-corrected chi connectivity index (χ2v) is 7.16. The second-order valence-electron chi connectivity index (χ2n) is 5.25. The second kappa shape index (κ2) is 6.79. The Bertz CT molecular complexity index is 663. The van der Waals surface area contributed by atoms with Gasteiger partial charge in [0, 0.05) is 11.9 Å². The highest BCUT2D eigenvalue weighted by Crippen LogP contribution is 2.31. The van der Waals surface area contributed by atoms with Crippen molar-refractivity contribution in [3.8, 4) is 5.75 Å². The summed E-state index contributed by atoms with van der Waals surface area (Å²) in [4.78, 5) is 19.8. The molecule has 1 aromatic heterocycles. The molecule has 1 heterocycles. The molecule has 0 N–H and O–H groups in total. The summed E-state index contributed by atoms with van der Waals surface area (Å²) >= 11 is 5.03. The van der Waals surface area contributed by atoms with Gasteiger partial charge >= 0.3 is 0 Å². The highest BCUT2D eigenvalue weighted by molar-refractivity contribution is 9.10. The SMILES string of the molecule is CN(C(=O)COc1ccccc1Br)c1nc2c(s1)CCCC2. The van der Waals surface area contributed by atoms with Crippen LogP contribution in [0.5, 0.6) is 5.75 Å². The molecule has 3 rings (SSSR count). The number of thiazole rings is 1. The molecule has 0 saturated heterocycles. The first-order valence-corrected chi connectivity index (χ1v) is 8.88. The number of carbonyl (C=O) groups excluding carboxylic acids is 1. The molecule has 1 aliphatic carbocycles. The number of hydrogen-bond acceptors (Lipinski definition) is 4. The van der Waals surface area contributed by atoms with Crippen LogP contribution in [-0.2, 0) is 17.6 Å². The Morgan fingerprint density at radius 3 is 2.91 bits per heavy atom. The van der Waals surface area contributed by atoms with Crippen molar-refractivity contribution in [2.24, 2.45) is 0 Å². The summed E-state index contributed by atoms with van der Waals surface area (Å²) in [6, 6.07) is 7.51. The quantitative estimate of drug-likeness (QED) is 0.809. The number of aromatic nitrogens is 1. The minimum absolute atomic E-state index is 0.00333. The highest BCUT2D eigenvalue weighted by Gasteiger charge is 2.20. The predicted molar refractivity (Wildman–Crippen MR) is 91.8 cm³/mol. The number of hydrogen-bond donors (Lipinski definition) is 0. The van der Waals surface area contributed by atoms with Crippen LogP contribution in [0.25, 0.3) is 0 Å². The zero-order chi connectivity index (χ0) is 15.5. The Morgan fingerprint density at radius 2 is 2.14 bits per heavy atom. The standard InChI is InChI=1S/C16H17BrN2O2S/c1-19(16-18-12-7-3-5-9-14(12)22-16)15(20)10-21-13-8-4-2-6-11(13)17/h2,4,6,8H,3,5,7,9-10H2,1H3. The maximum Gasteiger partial charge on any atom is 0.266 e. The van der Waals surface area contributed by atoms with Gasteiger partial charge in [0.25, 0.3) is 5.91 Å². The fraction of sp³-hybridized carbons (Fsp3) is 0.375. The lowest BCUT2D eigenvalue weighted by Gasteiger charge is -2.14. The summed E-state index contributed by atoms with van der Waals surface area (Å²) in [7, 11) is 1.76. The van der Waals surface area contributed by atoms with Crippen molar-refractivity contribution in [2.45, 2.75) is 25.7 Å². The molecule has 0 saturated carbocycles. The van der Waals surface area contributed by atoms with Gasteiger partial charge in [-0.2, -0.15) is 0 Å². The van der Waals surface area contributed by atoms with E-state index in [-0.39, 0.29) is 12.5 Å². The van der Waals surface area contributed by atoms with Gasteiger partial charge in [0.05, 0.1) is 10.2 Å². The summed E-state index contributed by atoms with van der Waals surface area (Å²) in [6.07, 6.45) is 4.53. The third-order valence-electron chi connectivity index (χ3n) is 3.68. The minimum Gasteiger partial charge on any atom is -0.483 e. The van der Waals surface area contributed by atoms with Crippen LogP contribution in [0, 0.1) is 0 Å². The van der Waals surface area contributed by atoms with E-state index < -0.39 is 0 Å². The lowest BCUT2D eigenvalue weighted by Crippen LogP contribution is -2.31. The van der Waals surface area contributed by atoms with E-state index in [1.807, 2.05) is 24.3 Å². The number of ether oxygens (including phenoxy) is 1. The number of carbonyl (C=O) groups is 1. The minimum atomic E-state index is -0.0955. The van der Waals surface area contributed by atoms with E-state index in [0.29, 0.717) is 5.75 Å². The molecular weight excluding hydrogens is 364 g/mol. The molecular formula is C16H17BrN2O2S. The summed E-state index contributed by atoms with van der Waals surface area (Å²) in [5.74, 6) is 0.574. The summed E-state index contributed by atoms with van der Waals surface area (Å²) < 4.78 is 6.42. The van der Waals surface area contributed by atoms with Crippen molar-refractivity contribution < 1.29 is 9.53 Å². The lowest BCUT2D eigenvalue weighted by molar-refractivity contribution is -0.120. The first-order chi connectivity index (χ1) is 10.6. The number of nitrogens with zero attached hydrogens (tertiary/aromatic N) is 2. The molecule has 1 amide bonds. The van der Waals surface area contributed by atoms with Gasteiger partial charge < -0.3 is 4.74 Å². The molecule has 0 aliphatic heterocycles. The van der Waals surface area contributed by atoms with Gasteiger partial charge in [-0.1, -0.05) is 12.1 Å². The average Bonchev–Trinajstić information content (AvgIpc) is 2.97. The van der Waals surface area contributed by atoms with Crippen LogP contribution in [0.2, 0.25) is 0 Å². The number of benzene rings is 1. The molecule has 2 aromatic rings. The highest BCUT2D eigenvalue weighted by atomic mass is 79.9. The Morgan fingerprint density at radius 1 is 1.36 bits per heavy atom. The number of amides is 1. The van der Waals surface area contributed by atoms with Gasteiger partial charge in [-0.05, 0) is 53.7 Å². The van der Waals surface area contributed by atoms with Gasteiger partial charge in [0.2, 0.25) is 0 Å². The van der Waals surface area contributed by atoms with Gasteiger partial charge in [0.1, 0.15) is 5.75 Å². The van der Waals surface area contributed by atoms with Crippen molar-refractivity contribution >= 4 is 38.3 Å². The molecule has 0 fully saturated rings. The van der Waals surface area contributed by atoms with E-state index in [9.17, 15) is 4.79 Å². The molecule has 0 radical (unpaired) electrons. The fourth-order valence-electron chi connectivity index (χ4n) is 2.39. The third-order valence-corrected chi connectivity index (χ3v) is 5.57. The fourth-order valence-corrected chi connectivity index (χ4v) is 3.91. The Hall–Kier alpha value is -1.40. The van der Waals surface area contributed by atoms with Crippen LogP contribution in [0.15, 0.2) is 28.7 Å². The van der Waals surface area contributed by atoms with Crippen LogP contribution in [0.3, 0.4) is 0 Å². The number of para-hydroxylation sites is 1. The van der Waals surface area contributed by atoms with E-state index in [1.165, 1.54) is 17.7 Å². The van der Waals surface area contributed by atoms with Gasteiger partial charge in [-0.3, -0.25) is 9.69 Å². The molecule has 0 spiro atoms. The van der Waals surface area contributed by atoms with E-state index >= 15 is 0 Å². The number of likely N-dealkylation sites (N-methyl/N-ethyl adjacent to an activating group) is 1. The van der Waals surface area contributed by atoms with Crippen LogP contribution in [0.4, 0.5) is 5.13 Å². The predicted octanol–water partition coefficient (Wildman–Crippen LogP) is 3.83. The largest absolute Gasteiger partial charge is 0.483 e. The average molecular weight is 381 g/mol. The van der Waals surface area contributed by atoms with Crippen LogP contribution >= 0.6 is 27.3 Å². The maximum atomic E-state index is 12.3. The van der Waals surface area contributed by atoms with E-state index in [1.54, 1.807) is 23.3 Å². The first kappa shape index (κ1) is 15.5. The zero-order valence-corrected chi connectivity index (χ0v) is 14.7. The first-order valence-electron chi connectivity index (χ1n) is 7.27. The molecule has 0 bridgehead atoms. The van der Waals surface area contributed by atoms with Gasteiger partial charge in [0.15, 0.2) is 11.7 Å². The molecule has 0 unspecified atom stereocenters. The normalized spacial score (nSPS) is 13.5. The molecule has 4 nitrogen and oxygen atoms in total. The Labute approximate surface area is 142 Å². The lowest BCUT2D eigenvalue weighted by atomic mass is 10.0. The van der Waals surface area contributed by atoms with Gasteiger partial charge in [-0.25, -0.2) is 4.98 Å². The third kappa shape index (κ3) is 3.33. The van der Waals surface area contributed by atoms with Gasteiger partial charge in [-0.15, -0.1) is 11.3 Å². The number of rotatable bonds is 4. The molecule has 1 aromatic carbocycles. The summed E-state index contributed by atoms with van der Waals surface area (Å²) in [6.45, 7) is 0.00333. The number of aryl methyl sites for hydroxylation is 2. The van der Waals surface area contributed by atoms with Crippen LogP contribution in [0.1, 0.15) is 23.4 Å². The number of halogens is 1. The molecule has 0 atom stereocenters. The molecule has 6 heteroatoms. The van der Waals surface area contributed by atoms with Crippen molar-refractivity contribution in [1.82, 2.24) is 4.98 Å². The van der Waals surface area contributed by atoms with E-state index in [2.05, 4.69) is 20.9 Å². The zero-order valence-electron chi connectivity index (χ0n) is 12.3. The molecule has 1 aliphatic rings. The Kier molecular flexibility index (Phi) is 4.78.